The summed E-state index contributed by atoms with van der Waals surface area (Å²) in [7, 11) is 0. The van der Waals surface area contributed by atoms with Gasteiger partial charge in [0.2, 0.25) is 5.91 Å². The second-order valence-electron chi connectivity index (χ2n) is 6.98. The Morgan fingerprint density at radius 3 is 2.75 bits per heavy atom. The van der Waals surface area contributed by atoms with Gasteiger partial charge >= 0.3 is 0 Å². The van der Waals surface area contributed by atoms with E-state index in [9.17, 15) is 4.79 Å². The topological polar surface area (TPSA) is 75.7 Å². The van der Waals surface area contributed by atoms with E-state index in [1.165, 1.54) is 6.42 Å². The number of carbonyl (C=O) groups is 1. The quantitative estimate of drug-likeness (QED) is 0.753. The maximum absolute atomic E-state index is 12.6. The number of piperazine rings is 1. The van der Waals surface area contributed by atoms with Crippen molar-refractivity contribution in [3.63, 3.8) is 0 Å². The van der Waals surface area contributed by atoms with Crippen LogP contribution in [0, 0.1) is 5.92 Å². The van der Waals surface area contributed by atoms with E-state index in [1.54, 1.807) is 6.20 Å². The van der Waals surface area contributed by atoms with Gasteiger partial charge in [-0.3, -0.25) is 19.7 Å². The number of aliphatic hydroxyl groups excluding tert-OH is 1. The molecule has 2 saturated heterocycles. The third-order valence-electron chi connectivity index (χ3n) is 5.18. The van der Waals surface area contributed by atoms with Crippen LogP contribution in [0.25, 0.3) is 0 Å². The van der Waals surface area contributed by atoms with Gasteiger partial charge in [0.25, 0.3) is 0 Å². The van der Waals surface area contributed by atoms with E-state index >= 15 is 0 Å². The van der Waals surface area contributed by atoms with Crippen LogP contribution in [0.5, 0.6) is 0 Å². The number of β-amino-alcohol motifs (C(OH)–C–C–N with tert-alkyl or cyclic N) is 1. The third-order valence-corrected chi connectivity index (χ3v) is 5.18. The first kappa shape index (κ1) is 17.4. The van der Waals surface area contributed by atoms with Crippen molar-refractivity contribution in [2.75, 3.05) is 59.0 Å². The van der Waals surface area contributed by atoms with Crippen molar-refractivity contribution < 1.29 is 9.90 Å². The molecule has 24 heavy (non-hydrogen) atoms. The van der Waals surface area contributed by atoms with Crippen LogP contribution in [-0.4, -0.2) is 94.9 Å². The number of rotatable bonds is 6. The summed E-state index contributed by atoms with van der Waals surface area (Å²) in [6.07, 6.45) is 5.04. The zero-order chi connectivity index (χ0) is 16.8. The fraction of sp³-hybridized carbons (Fsp3) is 0.765. The Morgan fingerprint density at radius 1 is 1.25 bits per heavy atom. The van der Waals surface area contributed by atoms with E-state index in [0.717, 1.165) is 64.3 Å². The molecule has 0 bridgehead atoms. The van der Waals surface area contributed by atoms with Crippen LogP contribution in [0.15, 0.2) is 12.3 Å². The van der Waals surface area contributed by atoms with E-state index in [1.807, 2.05) is 11.0 Å². The Balaban J connectivity index is 1.43. The number of piperidine rings is 1. The van der Waals surface area contributed by atoms with Crippen molar-refractivity contribution in [2.45, 2.75) is 19.3 Å². The Morgan fingerprint density at radius 2 is 2.04 bits per heavy atom. The summed E-state index contributed by atoms with van der Waals surface area (Å²) in [6, 6.07) is 2.02. The maximum atomic E-state index is 12.6. The maximum Gasteiger partial charge on any atom is 0.236 e. The van der Waals surface area contributed by atoms with E-state index in [2.05, 4.69) is 20.0 Å². The lowest BCUT2D eigenvalue weighted by molar-refractivity contribution is -0.134. The lowest BCUT2D eigenvalue weighted by atomic mass is 9.93. The highest BCUT2D eigenvalue weighted by atomic mass is 16.3. The number of nitrogens with zero attached hydrogens (tertiary/aromatic N) is 4. The third kappa shape index (κ3) is 4.78. The molecule has 3 rings (SSSR count). The van der Waals surface area contributed by atoms with Gasteiger partial charge in [-0.25, -0.2) is 0 Å². The highest BCUT2D eigenvalue weighted by molar-refractivity contribution is 5.78. The number of carbonyl (C=O) groups excluding carboxylic acids is 1. The fourth-order valence-electron chi connectivity index (χ4n) is 3.77. The van der Waals surface area contributed by atoms with Crippen LogP contribution >= 0.6 is 0 Å². The molecule has 1 amide bonds. The van der Waals surface area contributed by atoms with Crippen LogP contribution in [-0.2, 0) is 11.2 Å². The molecule has 0 aliphatic carbocycles. The normalized spacial score (nSPS) is 23.5. The largest absolute Gasteiger partial charge is 0.395 e. The lowest BCUT2D eigenvalue weighted by Gasteiger charge is -2.37. The smallest absolute Gasteiger partial charge is 0.236 e. The van der Waals surface area contributed by atoms with Crippen molar-refractivity contribution >= 4 is 5.91 Å². The molecule has 2 fully saturated rings. The number of hydrogen-bond acceptors (Lipinski definition) is 5. The van der Waals surface area contributed by atoms with Gasteiger partial charge in [-0.05, 0) is 31.2 Å². The Bertz CT molecular complexity index is 499. The molecule has 7 heteroatoms. The number of aromatic nitrogens is 2. The molecule has 3 heterocycles. The van der Waals surface area contributed by atoms with Crippen molar-refractivity contribution in [3.05, 3.63) is 18.0 Å². The van der Waals surface area contributed by atoms with Crippen LogP contribution < -0.4 is 0 Å². The molecule has 7 nitrogen and oxygen atoms in total. The molecule has 2 aliphatic rings. The van der Waals surface area contributed by atoms with E-state index in [-0.39, 0.29) is 12.5 Å². The van der Waals surface area contributed by atoms with Crippen LogP contribution in [0.1, 0.15) is 18.5 Å². The standard InChI is InChI=1S/C17H29N5O2/c23-11-10-20-6-8-21(9-7-20)14-17(24)22-5-1-2-15(13-22)12-16-3-4-18-19-16/h3-4,15,23H,1-2,5-14H2,(H,18,19)/t15-/m1/s1. The summed E-state index contributed by atoms with van der Waals surface area (Å²) >= 11 is 0. The molecule has 0 spiro atoms. The number of aliphatic hydroxyl groups is 1. The Labute approximate surface area is 143 Å². The van der Waals surface area contributed by atoms with Crippen molar-refractivity contribution in [1.29, 1.82) is 0 Å². The predicted molar refractivity (Wildman–Crippen MR) is 91.6 cm³/mol. The number of nitrogens with one attached hydrogen (secondary N) is 1. The average Bonchev–Trinajstić information content (AvgIpc) is 3.10. The van der Waals surface area contributed by atoms with Gasteiger partial charge in [-0.1, -0.05) is 0 Å². The molecule has 0 radical (unpaired) electrons. The molecule has 0 saturated carbocycles. The summed E-state index contributed by atoms with van der Waals surface area (Å²) in [4.78, 5) is 19.2. The van der Waals surface area contributed by atoms with Gasteiger partial charge in [0.15, 0.2) is 0 Å². The van der Waals surface area contributed by atoms with Crippen LogP contribution in [0.2, 0.25) is 0 Å². The average molecular weight is 335 g/mol. The zero-order valence-corrected chi connectivity index (χ0v) is 14.4. The summed E-state index contributed by atoms with van der Waals surface area (Å²) in [5.74, 6) is 0.796. The lowest BCUT2D eigenvalue weighted by Crippen LogP contribution is -2.51. The molecule has 0 unspecified atom stereocenters. The van der Waals surface area contributed by atoms with Gasteiger partial charge in [-0.15, -0.1) is 0 Å². The highest BCUT2D eigenvalue weighted by Crippen LogP contribution is 2.20. The van der Waals surface area contributed by atoms with Gasteiger partial charge in [0.05, 0.1) is 13.2 Å². The highest BCUT2D eigenvalue weighted by Gasteiger charge is 2.26. The van der Waals surface area contributed by atoms with E-state index in [0.29, 0.717) is 12.5 Å². The van der Waals surface area contributed by atoms with Gasteiger partial charge in [0.1, 0.15) is 0 Å². The number of likely N-dealkylation sites (tertiary alicyclic amines) is 1. The molecular formula is C17H29N5O2. The second-order valence-corrected chi connectivity index (χ2v) is 6.98. The van der Waals surface area contributed by atoms with Crippen molar-refractivity contribution in [3.8, 4) is 0 Å². The van der Waals surface area contributed by atoms with Crippen molar-refractivity contribution in [2.24, 2.45) is 5.92 Å². The minimum atomic E-state index is 0.213. The van der Waals surface area contributed by atoms with Gasteiger partial charge < -0.3 is 10.0 Å². The number of amides is 1. The molecule has 1 atom stereocenters. The first-order chi connectivity index (χ1) is 11.7. The summed E-state index contributed by atoms with van der Waals surface area (Å²) in [5, 5.41) is 16.0. The molecule has 2 N–H and O–H groups in total. The minimum Gasteiger partial charge on any atom is -0.395 e. The predicted octanol–water partition coefficient (Wildman–Crippen LogP) is -0.199. The fourth-order valence-corrected chi connectivity index (χ4v) is 3.77. The summed E-state index contributed by atoms with van der Waals surface area (Å²) in [5.41, 5.74) is 1.16. The van der Waals surface area contributed by atoms with E-state index < -0.39 is 0 Å². The van der Waals surface area contributed by atoms with Crippen LogP contribution in [0.4, 0.5) is 0 Å². The Hall–Kier alpha value is -1.44. The number of aromatic amines is 1. The van der Waals surface area contributed by atoms with Crippen molar-refractivity contribution in [1.82, 2.24) is 24.9 Å². The molecular weight excluding hydrogens is 306 g/mol. The second kappa shape index (κ2) is 8.60. The van der Waals surface area contributed by atoms with Gasteiger partial charge in [0, 0.05) is 57.7 Å². The number of hydrogen-bond donors (Lipinski definition) is 2. The molecule has 1 aromatic rings. The zero-order valence-electron chi connectivity index (χ0n) is 14.4. The molecule has 134 valence electrons. The number of H-pyrrole nitrogens is 1. The summed E-state index contributed by atoms with van der Waals surface area (Å²) in [6.45, 7) is 6.95. The molecule has 0 aromatic carbocycles. The minimum absolute atomic E-state index is 0.213. The molecule has 2 aliphatic heterocycles. The van der Waals surface area contributed by atoms with E-state index in [4.69, 9.17) is 5.11 Å². The first-order valence-corrected chi connectivity index (χ1v) is 9.06. The Kier molecular flexibility index (Phi) is 6.23. The summed E-state index contributed by atoms with van der Waals surface area (Å²) < 4.78 is 0. The monoisotopic (exact) mass is 335 g/mol. The van der Waals surface area contributed by atoms with Gasteiger partial charge in [-0.2, -0.15) is 5.10 Å². The first-order valence-electron chi connectivity index (χ1n) is 9.06. The van der Waals surface area contributed by atoms with Crippen LogP contribution in [0.3, 0.4) is 0 Å². The SMILES string of the molecule is O=C(CN1CCN(CCO)CC1)N1CCC[C@H](Cc2ccn[nH]2)C1. The molecule has 1 aromatic heterocycles.